The van der Waals surface area contributed by atoms with Gasteiger partial charge in [0.15, 0.2) is 0 Å². The van der Waals surface area contributed by atoms with Crippen molar-refractivity contribution in [2.45, 2.75) is 0 Å². The van der Waals surface area contributed by atoms with Crippen LogP contribution in [-0.2, 0) is 0 Å². The molecule has 0 radical (unpaired) electrons. The first-order valence-corrected chi connectivity index (χ1v) is 7.69. The van der Waals surface area contributed by atoms with E-state index in [0.717, 1.165) is 21.6 Å². The van der Waals surface area contributed by atoms with E-state index in [9.17, 15) is 15.2 Å². The number of nitriles is 1. The van der Waals surface area contributed by atoms with Gasteiger partial charge in [-0.3, -0.25) is 4.79 Å². The van der Waals surface area contributed by atoms with Crippen LogP contribution < -0.4 is 5.73 Å². The highest BCUT2D eigenvalue weighted by Crippen LogP contribution is 2.32. The minimum Gasteiger partial charge on any atom is -0.508 e. The van der Waals surface area contributed by atoms with Crippen molar-refractivity contribution in [3.05, 3.63) is 65.0 Å². The zero-order valence-corrected chi connectivity index (χ0v) is 12.8. The van der Waals surface area contributed by atoms with Gasteiger partial charge in [0.2, 0.25) is 5.91 Å². The number of phenols is 1. The summed E-state index contributed by atoms with van der Waals surface area (Å²) < 4.78 is 0. The molecule has 0 aliphatic carbocycles. The Hall–Kier alpha value is -3.10. The van der Waals surface area contributed by atoms with Crippen molar-refractivity contribution in [3.63, 3.8) is 0 Å². The van der Waals surface area contributed by atoms with Crippen LogP contribution in [-0.4, -0.2) is 11.0 Å². The van der Waals surface area contributed by atoms with Crippen molar-refractivity contribution in [2.75, 3.05) is 0 Å². The van der Waals surface area contributed by atoms with E-state index in [1.54, 1.807) is 18.2 Å². The SMILES string of the molecule is N#Cc1cc(O)ccc1-c1ccc(-c2sccc2C(N)=O)cc1. The Labute approximate surface area is 137 Å². The molecule has 0 spiro atoms. The molecule has 112 valence electrons. The second kappa shape index (κ2) is 5.95. The number of hydrogen-bond acceptors (Lipinski definition) is 4. The topological polar surface area (TPSA) is 87.1 Å². The largest absolute Gasteiger partial charge is 0.508 e. The number of benzene rings is 2. The average Bonchev–Trinajstić information content (AvgIpc) is 3.05. The van der Waals surface area contributed by atoms with E-state index in [1.807, 2.05) is 29.6 Å². The van der Waals surface area contributed by atoms with Crippen LogP contribution >= 0.6 is 11.3 Å². The minimum absolute atomic E-state index is 0.0617. The third kappa shape index (κ3) is 2.80. The molecule has 0 unspecified atom stereocenters. The zero-order chi connectivity index (χ0) is 16.4. The number of primary amides is 1. The van der Waals surface area contributed by atoms with E-state index in [2.05, 4.69) is 6.07 Å². The van der Waals surface area contributed by atoms with Crippen LogP contribution in [0.15, 0.2) is 53.9 Å². The molecule has 5 heteroatoms. The van der Waals surface area contributed by atoms with Crippen molar-refractivity contribution in [2.24, 2.45) is 5.73 Å². The monoisotopic (exact) mass is 320 g/mol. The lowest BCUT2D eigenvalue weighted by molar-refractivity contribution is 0.100. The summed E-state index contributed by atoms with van der Waals surface area (Å²) in [5.74, 6) is -0.387. The number of phenolic OH excluding ortho intramolecular Hbond substituents is 1. The van der Waals surface area contributed by atoms with E-state index in [0.29, 0.717) is 11.1 Å². The van der Waals surface area contributed by atoms with E-state index in [4.69, 9.17) is 5.73 Å². The first-order chi connectivity index (χ1) is 11.1. The van der Waals surface area contributed by atoms with Crippen LogP contribution in [0.5, 0.6) is 5.75 Å². The summed E-state index contributed by atoms with van der Waals surface area (Å²) in [5.41, 5.74) is 8.80. The smallest absolute Gasteiger partial charge is 0.250 e. The van der Waals surface area contributed by atoms with Gasteiger partial charge < -0.3 is 10.8 Å². The van der Waals surface area contributed by atoms with E-state index in [1.165, 1.54) is 17.4 Å². The van der Waals surface area contributed by atoms with Gasteiger partial charge in [-0.25, -0.2) is 0 Å². The molecule has 0 atom stereocenters. The van der Waals surface area contributed by atoms with Gasteiger partial charge >= 0.3 is 0 Å². The Morgan fingerprint density at radius 2 is 1.78 bits per heavy atom. The summed E-state index contributed by atoms with van der Waals surface area (Å²) >= 11 is 1.46. The van der Waals surface area contributed by atoms with E-state index in [-0.39, 0.29) is 5.75 Å². The van der Waals surface area contributed by atoms with Gasteiger partial charge in [-0.05, 0) is 46.3 Å². The lowest BCUT2D eigenvalue weighted by Gasteiger charge is -2.07. The van der Waals surface area contributed by atoms with Crippen LogP contribution in [0.4, 0.5) is 0 Å². The van der Waals surface area contributed by atoms with Crippen LogP contribution in [0.2, 0.25) is 0 Å². The molecule has 0 aliphatic heterocycles. The fourth-order valence-electron chi connectivity index (χ4n) is 2.40. The molecule has 1 aromatic heterocycles. The molecule has 3 N–H and O–H groups in total. The number of rotatable bonds is 3. The Morgan fingerprint density at radius 1 is 1.09 bits per heavy atom. The van der Waals surface area contributed by atoms with Crippen molar-refractivity contribution in [1.82, 2.24) is 0 Å². The van der Waals surface area contributed by atoms with E-state index < -0.39 is 5.91 Å². The molecule has 0 saturated carbocycles. The maximum Gasteiger partial charge on any atom is 0.250 e. The molecule has 1 amide bonds. The first kappa shape index (κ1) is 14.8. The van der Waals surface area contributed by atoms with Crippen molar-refractivity contribution < 1.29 is 9.90 Å². The Balaban J connectivity index is 2.02. The van der Waals surface area contributed by atoms with Gasteiger partial charge in [0.25, 0.3) is 0 Å². The number of amides is 1. The van der Waals surface area contributed by atoms with Gasteiger partial charge in [-0.2, -0.15) is 5.26 Å². The third-order valence-corrected chi connectivity index (χ3v) is 4.48. The summed E-state index contributed by atoms with van der Waals surface area (Å²) in [6, 6.07) is 16.0. The zero-order valence-electron chi connectivity index (χ0n) is 12.0. The maximum absolute atomic E-state index is 11.4. The molecular weight excluding hydrogens is 308 g/mol. The second-order valence-corrected chi connectivity index (χ2v) is 5.86. The molecular formula is C18H12N2O2S. The van der Waals surface area contributed by atoms with Crippen molar-refractivity contribution in [1.29, 1.82) is 5.26 Å². The van der Waals surface area contributed by atoms with Crippen LogP contribution in [0.25, 0.3) is 21.6 Å². The summed E-state index contributed by atoms with van der Waals surface area (Å²) in [6.07, 6.45) is 0. The molecule has 0 saturated heterocycles. The number of carbonyl (C=O) groups is 1. The summed E-state index contributed by atoms with van der Waals surface area (Å²) in [6.45, 7) is 0. The molecule has 4 nitrogen and oxygen atoms in total. The number of nitrogens with two attached hydrogens (primary N) is 1. The predicted octanol–water partition coefficient (Wildman–Crippen LogP) is 3.76. The fourth-order valence-corrected chi connectivity index (χ4v) is 3.31. The normalized spacial score (nSPS) is 10.2. The Morgan fingerprint density at radius 3 is 2.43 bits per heavy atom. The molecule has 0 aliphatic rings. The van der Waals surface area contributed by atoms with Crippen molar-refractivity contribution in [3.8, 4) is 33.4 Å². The summed E-state index contributed by atoms with van der Waals surface area (Å²) in [7, 11) is 0. The van der Waals surface area contributed by atoms with Gasteiger partial charge in [-0.1, -0.05) is 24.3 Å². The van der Waals surface area contributed by atoms with Gasteiger partial charge in [0.1, 0.15) is 5.75 Å². The number of nitrogens with zero attached hydrogens (tertiary/aromatic N) is 1. The molecule has 1 heterocycles. The molecule has 3 rings (SSSR count). The van der Waals surface area contributed by atoms with Crippen LogP contribution in [0.3, 0.4) is 0 Å². The van der Waals surface area contributed by atoms with Gasteiger partial charge in [0, 0.05) is 4.88 Å². The molecule has 0 bridgehead atoms. The quantitative estimate of drug-likeness (QED) is 0.770. The Kier molecular flexibility index (Phi) is 3.83. The highest BCUT2D eigenvalue weighted by molar-refractivity contribution is 7.14. The lowest BCUT2D eigenvalue weighted by Crippen LogP contribution is -2.10. The number of carbonyl (C=O) groups excluding carboxylic acids is 1. The minimum atomic E-state index is -0.448. The molecule has 23 heavy (non-hydrogen) atoms. The lowest BCUT2D eigenvalue weighted by atomic mass is 9.98. The average molecular weight is 320 g/mol. The Bertz CT molecular complexity index is 921. The highest BCUT2D eigenvalue weighted by Gasteiger charge is 2.12. The maximum atomic E-state index is 11.4. The van der Waals surface area contributed by atoms with Crippen LogP contribution in [0.1, 0.15) is 15.9 Å². The molecule has 3 aromatic rings. The van der Waals surface area contributed by atoms with Crippen molar-refractivity contribution >= 4 is 17.2 Å². The van der Waals surface area contributed by atoms with Gasteiger partial charge in [-0.15, -0.1) is 11.3 Å². The second-order valence-electron chi connectivity index (χ2n) is 4.95. The van der Waals surface area contributed by atoms with Gasteiger partial charge in [0.05, 0.1) is 17.2 Å². The first-order valence-electron chi connectivity index (χ1n) is 6.81. The fraction of sp³-hybridized carbons (Fsp3) is 0. The van der Waals surface area contributed by atoms with E-state index >= 15 is 0 Å². The number of aromatic hydroxyl groups is 1. The summed E-state index contributed by atoms with van der Waals surface area (Å²) in [4.78, 5) is 12.3. The number of hydrogen-bond donors (Lipinski definition) is 2. The standard InChI is InChI=1S/C18H12N2O2S/c19-10-13-9-14(21)5-6-15(13)11-1-3-12(4-2-11)17-16(18(20)22)7-8-23-17/h1-9,21H,(H2,20,22). The molecule has 0 fully saturated rings. The predicted molar refractivity (Wildman–Crippen MR) is 90.1 cm³/mol. The number of thiophene rings is 1. The third-order valence-electron chi connectivity index (χ3n) is 3.51. The highest BCUT2D eigenvalue weighted by atomic mass is 32.1. The molecule has 2 aromatic carbocycles. The summed E-state index contributed by atoms with van der Waals surface area (Å²) in [5, 5.41) is 20.5. The van der Waals surface area contributed by atoms with Crippen LogP contribution in [0, 0.1) is 11.3 Å².